The molecular weight excluding hydrogens is 328 g/mol. The Labute approximate surface area is 151 Å². The van der Waals surface area contributed by atoms with Crippen LogP contribution in [0.5, 0.6) is 0 Å². The third-order valence-electron chi connectivity index (χ3n) is 4.86. The Morgan fingerprint density at radius 2 is 1.88 bits per heavy atom. The van der Waals surface area contributed by atoms with E-state index in [2.05, 4.69) is 50.4 Å². The minimum absolute atomic E-state index is 0.627. The lowest BCUT2D eigenvalue weighted by atomic mass is 10.0. The molecule has 0 spiro atoms. The lowest BCUT2D eigenvalue weighted by Gasteiger charge is -2.21. The summed E-state index contributed by atoms with van der Waals surface area (Å²) in [6, 6.07) is 13.5. The van der Waals surface area contributed by atoms with Gasteiger partial charge in [0.25, 0.3) is 0 Å². The zero-order valence-electron chi connectivity index (χ0n) is 14.0. The highest BCUT2D eigenvalue weighted by Crippen LogP contribution is 2.44. The molecule has 0 unspecified atom stereocenters. The summed E-state index contributed by atoms with van der Waals surface area (Å²) in [5, 5.41) is 11.3. The molecular formula is C20H20N4S. The Morgan fingerprint density at radius 3 is 2.64 bits per heavy atom. The number of benzene rings is 1. The Balaban J connectivity index is 1.40. The first-order chi connectivity index (χ1) is 12.4. The first-order valence-electron chi connectivity index (χ1n) is 8.96. The number of nitrogens with zero attached hydrogens (tertiary/aromatic N) is 4. The lowest BCUT2D eigenvalue weighted by Crippen LogP contribution is -2.24. The van der Waals surface area contributed by atoms with E-state index in [0.717, 1.165) is 17.2 Å². The minimum atomic E-state index is 0.627. The SMILES string of the molecule is c1cncc(-c2cccc(CN(c3nnc(C4CC4)s3)C3CC3)c2)c1. The molecule has 0 atom stereocenters. The second-order valence-electron chi connectivity index (χ2n) is 7.00. The molecule has 0 aliphatic heterocycles. The van der Waals surface area contributed by atoms with Crippen LogP contribution in [0.25, 0.3) is 11.1 Å². The van der Waals surface area contributed by atoms with Crippen LogP contribution in [0.1, 0.15) is 42.2 Å². The van der Waals surface area contributed by atoms with Crippen LogP contribution in [-0.4, -0.2) is 21.2 Å². The van der Waals surface area contributed by atoms with Crippen molar-refractivity contribution in [1.29, 1.82) is 0 Å². The van der Waals surface area contributed by atoms with E-state index in [1.807, 2.05) is 18.5 Å². The topological polar surface area (TPSA) is 41.9 Å². The average Bonchev–Trinajstić information content (AvgIpc) is 3.59. The molecule has 2 fully saturated rings. The van der Waals surface area contributed by atoms with Gasteiger partial charge in [-0.2, -0.15) is 0 Å². The normalized spacial score (nSPS) is 16.8. The number of anilines is 1. The van der Waals surface area contributed by atoms with Gasteiger partial charge in [-0.15, -0.1) is 10.2 Å². The molecule has 2 aromatic heterocycles. The molecule has 0 bridgehead atoms. The summed E-state index contributed by atoms with van der Waals surface area (Å²) in [5.41, 5.74) is 3.70. The molecule has 0 amide bonds. The molecule has 2 aliphatic rings. The van der Waals surface area contributed by atoms with E-state index < -0.39 is 0 Å². The van der Waals surface area contributed by atoms with Crippen LogP contribution < -0.4 is 4.90 Å². The van der Waals surface area contributed by atoms with Crippen molar-refractivity contribution >= 4 is 16.5 Å². The van der Waals surface area contributed by atoms with Gasteiger partial charge in [0.2, 0.25) is 5.13 Å². The fourth-order valence-corrected chi connectivity index (χ4v) is 4.24. The van der Waals surface area contributed by atoms with Crippen LogP contribution in [0.4, 0.5) is 5.13 Å². The van der Waals surface area contributed by atoms with Crippen LogP contribution in [0, 0.1) is 0 Å². The predicted octanol–water partition coefficient (Wildman–Crippen LogP) is 4.65. The maximum atomic E-state index is 4.50. The van der Waals surface area contributed by atoms with Gasteiger partial charge in [0.1, 0.15) is 5.01 Å². The number of hydrogen-bond donors (Lipinski definition) is 0. The van der Waals surface area contributed by atoms with Gasteiger partial charge in [-0.05, 0) is 54.5 Å². The highest BCUT2D eigenvalue weighted by molar-refractivity contribution is 7.15. The van der Waals surface area contributed by atoms with Crippen molar-refractivity contribution in [1.82, 2.24) is 15.2 Å². The zero-order chi connectivity index (χ0) is 16.6. The van der Waals surface area contributed by atoms with Gasteiger partial charge >= 0.3 is 0 Å². The second-order valence-corrected chi connectivity index (χ2v) is 7.99. The van der Waals surface area contributed by atoms with Crippen molar-refractivity contribution in [2.75, 3.05) is 4.90 Å². The summed E-state index contributed by atoms with van der Waals surface area (Å²) in [7, 11) is 0. The molecule has 1 aromatic carbocycles. The van der Waals surface area contributed by atoms with Crippen LogP contribution >= 0.6 is 11.3 Å². The Kier molecular flexibility index (Phi) is 3.74. The fourth-order valence-electron chi connectivity index (χ4n) is 3.16. The van der Waals surface area contributed by atoms with Crippen LogP contribution in [0.2, 0.25) is 0 Å². The number of rotatable bonds is 6. The summed E-state index contributed by atoms with van der Waals surface area (Å²) < 4.78 is 0. The molecule has 2 aliphatic carbocycles. The highest BCUT2D eigenvalue weighted by Gasteiger charge is 2.33. The second kappa shape index (κ2) is 6.23. The van der Waals surface area contributed by atoms with E-state index in [4.69, 9.17) is 0 Å². The molecule has 0 saturated heterocycles. The molecule has 4 nitrogen and oxygen atoms in total. The monoisotopic (exact) mass is 348 g/mol. The molecule has 3 aromatic rings. The van der Waals surface area contributed by atoms with Gasteiger partial charge in [-0.25, -0.2) is 0 Å². The summed E-state index contributed by atoms with van der Waals surface area (Å²) in [5.74, 6) is 0.682. The van der Waals surface area contributed by atoms with E-state index in [9.17, 15) is 0 Å². The van der Waals surface area contributed by atoms with Gasteiger partial charge < -0.3 is 4.90 Å². The van der Waals surface area contributed by atoms with Gasteiger partial charge in [0.05, 0.1) is 0 Å². The van der Waals surface area contributed by atoms with Crippen molar-refractivity contribution in [3.63, 3.8) is 0 Å². The highest BCUT2D eigenvalue weighted by atomic mass is 32.1. The van der Waals surface area contributed by atoms with E-state index in [0.29, 0.717) is 12.0 Å². The smallest absolute Gasteiger partial charge is 0.208 e. The molecule has 25 heavy (non-hydrogen) atoms. The first-order valence-corrected chi connectivity index (χ1v) is 9.78. The fraction of sp³-hybridized carbons (Fsp3) is 0.350. The molecule has 2 heterocycles. The minimum Gasteiger partial charge on any atom is -0.339 e. The van der Waals surface area contributed by atoms with Crippen molar-refractivity contribution in [2.24, 2.45) is 0 Å². The molecule has 0 N–H and O–H groups in total. The number of aromatic nitrogens is 3. The third kappa shape index (κ3) is 3.29. The van der Waals surface area contributed by atoms with Crippen LogP contribution in [-0.2, 0) is 6.54 Å². The van der Waals surface area contributed by atoms with Crippen molar-refractivity contribution in [3.05, 3.63) is 59.4 Å². The predicted molar refractivity (Wildman–Crippen MR) is 101 cm³/mol. The van der Waals surface area contributed by atoms with Crippen LogP contribution in [0.15, 0.2) is 48.8 Å². The Morgan fingerprint density at radius 1 is 1.00 bits per heavy atom. The van der Waals surface area contributed by atoms with Crippen molar-refractivity contribution in [2.45, 2.75) is 44.2 Å². The first kappa shape index (κ1) is 15.0. The largest absolute Gasteiger partial charge is 0.339 e. The number of hydrogen-bond acceptors (Lipinski definition) is 5. The summed E-state index contributed by atoms with van der Waals surface area (Å²) in [6.45, 7) is 0.901. The average molecular weight is 348 g/mol. The van der Waals surface area contributed by atoms with Gasteiger partial charge in [0.15, 0.2) is 0 Å². The number of pyridine rings is 1. The molecule has 0 radical (unpaired) electrons. The van der Waals surface area contributed by atoms with Crippen molar-refractivity contribution < 1.29 is 0 Å². The van der Waals surface area contributed by atoms with Crippen molar-refractivity contribution in [3.8, 4) is 11.1 Å². The van der Waals surface area contributed by atoms with E-state index in [-0.39, 0.29) is 0 Å². The maximum Gasteiger partial charge on any atom is 0.208 e. The van der Waals surface area contributed by atoms with Gasteiger partial charge in [0, 0.05) is 30.9 Å². The van der Waals surface area contributed by atoms with E-state index in [1.165, 1.54) is 41.8 Å². The summed E-state index contributed by atoms with van der Waals surface area (Å²) >= 11 is 1.79. The Bertz CT molecular complexity index is 868. The summed E-state index contributed by atoms with van der Waals surface area (Å²) in [4.78, 5) is 6.69. The van der Waals surface area contributed by atoms with Gasteiger partial charge in [-0.1, -0.05) is 35.6 Å². The van der Waals surface area contributed by atoms with Crippen LogP contribution in [0.3, 0.4) is 0 Å². The van der Waals surface area contributed by atoms with E-state index >= 15 is 0 Å². The third-order valence-corrected chi connectivity index (χ3v) is 5.99. The molecule has 5 rings (SSSR count). The summed E-state index contributed by atoms with van der Waals surface area (Å²) in [6.07, 6.45) is 8.83. The maximum absolute atomic E-state index is 4.50. The quantitative estimate of drug-likeness (QED) is 0.650. The molecule has 2 saturated carbocycles. The Hall–Kier alpha value is -2.27. The van der Waals surface area contributed by atoms with Gasteiger partial charge in [-0.3, -0.25) is 4.98 Å². The zero-order valence-corrected chi connectivity index (χ0v) is 14.8. The van der Waals surface area contributed by atoms with E-state index in [1.54, 1.807) is 11.3 Å². The lowest BCUT2D eigenvalue weighted by molar-refractivity contribution is 0.779. The standard InChI is InChI=1S/C20H20N4S/c1-3-14(11-16(4-1)17-5-2-10-21-12-17)13-24(18-8-9-18)20-23-22-19(25-20)15-6-7-15/h1-5,10-12,15,18H,6-9,13H2. The molecule has 126 valence electrons. The molecule has 5 heteroatoms.